The van der Waals surface area contributed by atoms with Gasteiger partial charge in [0.1, 0.15) is 0 Å². The smallest absolute Gasteiger partial charge is 0.0731 e. The summed E-state index contributed by atoms with van der Waals surface area (Å²) in [6.45, 7) is 0. The lowest BCUT2D eigenvalue weighted by Gasteiger charge is -2.12. The standard InChI is InChI=1S/C43H28N4/c1-2-10-37(11-3-1)47-42-19-18-34(24-38(42)39-28-45-22-20-43(39)47)30-12-15-31(16-13-30)40-25-36(26-41(46-40)35-9-6-21-44-27-35)33-17-14-29-7-4-5-8-32(29)23-33/h1-28H. The molecule has 47 heavy (non-hydrogen) atoms. The molecule has 0 spiro atoms. The number of fused-ring (bicyclic) bond motifs is 4. The van der Waals surface area contributed by atoms with Crippen molar-refractivity contribution in [3.63, 3.8) is 0 Å². The number of pyridine rings is 3. The first kappa shape index (κ1) is 27.0. The van der Waals surface area contributed by atoms with Crippen LogP contribution in [0.25, 0.3) is 83.0 Å². The molecule has 4 heterocycles. The average molecular weight is 601 g/mol. The van der Waals surface area contributed by atoms with Crippen molar-refractivity contribution in [3.05, 3.63) is 170 Å². The Morgan fingerprint density at radius 2 is 1.06 bits per heavy atom. The third-order valence-electron chi connectivity index (χ3n) is 8.96. The Morgan fingerprint density at radius 1 is 0.383 bits per heavy atom. The average Bonchev–Trinajstić information content (AvgIpc) is 3.49. The van der Waals surface area contributed by atoms with Crippen molar-refractivity contribution in [2.24, 2.45) is 0 Å². The molecule has 0 N–H and O–H groups in total. The van der Waals surface area contributed by atoms with Gasteiger partial charge in [0.15, 0.2) is 0 Å². The minimum absolute atomic E-state index is 0.900. The summed E-state index contributed by atoms with van der Waals surface area (Å²) >= 11 is 0. The molecule has 5 aromatic carbocycles. The first-order valence-corrected chi connectivity index (χ1v) is 15.7. The first-order chi connectivity index (χ1) is 23.3. The van der Waals surface area contributed by atoms with E-state index in [1.54, 1.807) is 6.20 Å². The third-order valence-corrected chi connectivity index (χ3v) is 8.96. The summed E-state index contributed by atoms with van der Waals surface area (Å²) in [7, 11) is 0. The molecule has 4 heteroatoms. The van der Waals surface area contributed by atoms with Crippen LogP contribution >= 0.6 is 0 Å². The molecular weight excluding hydrogens is 573 g/mol. The van der Waals surface area contributed by atoms with E-state index in [0.29, 0.717) is 0 Å². The van der Waals surface area contributed by atoms with E-state index < -0.39 is 0 Å². The molecule has 0 unspecified atom stereocenters. The summed E-state index contributed by atoms with van der Waals surface area (Å²) in [5.41, 5.74) is 11.9. The molecule has 220 valence electrons. The van der Waals surface area contributed by atoms with Gasteiger partial charge in [-0.05, 0) is 93.7 Å². The van der Waals surface area contributed by atoms with Crippen LogP contribution in [0.1, 0.15) is 0 Å². The molecule has 0 saturated heterocycles. The Kier molecular flexibility index (Phi) is 6.43. The van der Waals surface area contributed by atoms with E-state index in [-0.39, 0.29) is 0 Å². The number of nitrogens with zero attached hydrogens (tertiary/aromatic N) is 4. The Morgan fingerprint density at radius 3 is 1.89 bits per heavy atom. The van der Waals surface area contributed by atoms with E-state index >= 15 is 0 Å². The van der Waals surface area contributed by atoms with Crippen molar-refractivity contribution < 1.29 is 0 Å². The van der Waals surface area contributed by atoms with Gasteiger partial charge in [0.2, 0.25) is 0 Å². The summed E-state index contributed by atoms with van der Waals surface area (Å²) in [5, 5.41) is 4.77. The van der Waals surface area contributed by atoms with E-state index in [1.807, 2.05) is 24.7 Å². The van der Waals surface area contributed by atoms with Gasteiger partial charge in [-0.25, -0.2) is 4.98 Å². The zero-order valence-corrected chi connectivity index (χ0v) is 25.5. The fraction of sp³-hybridized carbons (Fsp3) is 0. The van der Waals surface area contributed by atoms with Gasteiger partial charge in [0, 0.05) is 52.4 Å². The number of rotatable bonds is 5. The van der Waals surface area contributed by atoms with Gasteiger partial charge >= 0.3 is 0 Å². The predicted octanol–water partition coefficient (Wildman–Crippen LogP) is 10.8. The van der Waals surface area contributed by atoms with Crippen molar-refractivity contribution in [2.45, 2.75) is 0 Å². The Balaban J connectivity index is 1.13. The second-order valence-electron chi connectivity index (χ2n) is 11.8. The van der Waals surface area contributed by atoms with E-state index in [4.69, 9.17) is 4.98 Å². The highest BCUT2D eigenvalue weighted by atomic mass is 15.0. The molecule has 0 radical (unpaired) electrons. The molecular formula is C43H28N4. The van der Waals surface area contributed by atoms with E-state index in [0.717, 1.165) is 66.9 Å². The Bertz CT molecular complexity index is 2550. The summed E-state index contributed by atoms with van der Waals surface area (Å²) < 4.78 is 2.31. The minimum Gasteiger partial charge on any atom is -0.309 e. The van der Waals surface area contributed by atoms with Gasteiger partial charge in [-0.2, -0.15) is 0 Å². The van der Waals surface area contributed by atoms with Crippen LogP contribution in [-0.4, -0.2) is 19.5 Å². The van der Waals surface area contributed by atoms with Gasteiger partial charge in [-0.1, -0.05) is 84.9 Å². The van der Waals surface area contributed by atoms with Crippen molar-refractivity contribution in [1.82, 2.24) is 19.5 Å². The van der Waals surface area contributed by atoms with Gasteiger partial charge < -0.3 is 4.57 Å². The van der Waals surface area contributed by atoms with Crippen LogP contribution in [0.5, 0.6) is 0 Å². The first-order valence-electron chi connectivity index (χ1n) is 15.7. The maximum atomic E-state index is 5.12. The van der Waals surface area contributed by atoms with E-state index in [9.17, 15) is 0 Å². The highest BCUT2D eigenvalue weighted by Crippen LogP contribution is 2.36. The van der Waals surface area contributed by atoms with E-state index in [1.165, 1.54) is 16.2 Å². The maximum Gasteiger partial charge on any atom is 0.0731 e. The van der Waals surface area contributed by atoms with E-state index in [2.05, 4.69) is 154 Å². The molecule has 0 saturated carbocycles. The molecule has 0 aliphatic heterocycles. The number of hydrogen-bond acceptors (Lipinski definition) is 3. The van der Waals surface area contributed by atoms with Crippen molar-refractivity contribution in [3.8, 4) is 50.5 Å². The Labute approximate surface area is 272 Å². The van der Waals surface area contributed by atoms with Crippen LogP contribution in [-0.2, 0) is 0 Å². The normalized spacial score (nSPS) is 11.4. The molecule has 0 aliphatic carbocycles. The quantitative estimate of drug-likeness (QED) is 0.197. The van der Waals surface area contributed by atoms with Gasteiger partial charge in [-0.15, -0.1) is 0 Å². The monoisotopic (exact) mass is 600 g/mol. The second kappa shape index (κ2) is 11.2. The fourth-order valence-electron chi connectivity index (χ4n) is 6.61. The highest BCUT2D eigenvalue weighted by molar-refractivity contribution is 6.10. The van der Waals surface area contributed by atoms with Crippen LogP contribution < -0.4 is 0 Å². The second-order valence-corrected chi connectivity index (χ2v) is 11.8. The number of benzene rings is 5. The molecule has 4 nitrogen and oxygen atoms in total. The molecule has 0 amide bonds. The summed E-state index contributed by atoms with van der Waals surface area (Å²) in [6, 6.07) is 51.5. The van der Waals surface area contributed by atoms with Crippen molar-refractivity contribution in [1.29, 1.82) is 0 Å². The minimum atomic E-state index is 0.900. The Hall–Kier alpha value is -6.39. The van der Waals surface area contributed by atoms with Gasteiger partial charge in [0.05, 0.1) is 22.4 Å². The largest absolute Gasteiger partial charge is 0.309 e. The van der Waals surface area contributed by atoms with Crippen LogP contribution in [0.15, 0.2) is 170 Å². The van der Waals surface area contributed by atoms with Gasteiger partial charge in [0.25, 0.3) is 0 Å². The predicted molar refractivity (Wildman–Crippen MR) is 193 cm³/mol. The molecule has 0 aliphatic rings. The molecule has 4 aromatic heterocycles. The van der Waals surface area contributed by atoms with Crippen molar-refractivity contribution >= 4 is 32.6 Å². The lowest BCUT2D eigenvalue weighted by atomic mass is 9.97. The number of hydrogen-bond donors (Lipinski definition) is 0. The van der Waals surface area contributed by atoms with Crippen LogP contribution in [0.4, 0.5) is 0 Å². The lowest BCUT2D eigenvalue weighted by molar-refractivity contribution is 1.17. The molecule has 9 aromatic rings. The zero-order chi connectivity index (χ0) is 31.2. The molecule has 0 bridgehead atoms. The summed E-state index contributed by atoms with van der Waals surface area (Å²) in [6.07, 6.45) is 7.50. The SMILES string of the molecule is c1ccc(-n2c3ccncc3c3cc(-c4ccc(-c5cc(-c6ccc7ccccc7c6)cc(-c6cccnc6)n5)cc4)ccc32)cc1. The summed E-state index contributed by atoms with van der Waals surface area (Å²) in [4.78, 5) is 14.0. The number of aromatic nitrogens is 4. The maximum absolute atomic E-state index is 5.12. The summed E-state index contributed by atoms with van der Waals surface area (Å²) in [5.74, 6) is 0. The topological polar surface area (TPSA) is 43.6 Å². The fourth-order valence-corrected chi connectivity index (χ4v) is 6.61. The van der Waals surface area contributed by atoms with Crippen LogP contribution in [0.3, 0.4) is 0 Å². The number of para-hydroxylation sites is 1. The highest BCUT2D eigenvalue weighted by Gasteiger charge is 2.14. The zero-order valence-electron chi connectivity index (χ0n) is 25.5. The van der Waals surface area contributed by atoms with Gasteiger partial charge in [-0.3, -0.25) is 9.97 Å². The lowest BCUT2D eigenvalue weighted by Crippen LogP contribution is -1.93. The van der Waals surface area contributed by atoms with Crippen LogP contribution in [0, 0.1) is 0 Å². The van der Waals surface area contributed by atoms with Crippen molar-refractivity contribution in [2.75, 3.05) is 0 Å². The molecule has 0 atom stereocenters. The third kappa shape index (κ3) is 4.84. The van der Waals surface area contributed by atoms with Crippen LogP contribution in [0.2, 0.25) is 0 Å². The molecule has 0 fully saturated rings. The molecule has 9 rings (SSSR count).